The van der Waals surface area contributed by atoms with Crippen LogP contribution in [0.5, 0.6) is 0 Å². The number of carbonyl (C=O) groups excluding carboxylic acids is 2. The molecular weight excluding hydrogens is 204 g/mol. The standard InChI is InChI=1S/C13H12O3/c1-2-12(14)16-11-8-7-9-5-3-4-6-10(9)13(11)15/h2-6,11H,1,7-8H2. The highest BCUT2D eigenvalue weighted by atomic mass is 16.5. The Hall–Kier alpha value is -1.90. The molecule has 0 saturated heterocycles. The van der Waals surface area contributed by atoms with E-state index in [-0.39, 0.29) is 5.78 Å². The van der Waals surface area contributed by atoms with E-state index in [1.165, 1.54) is 0 Å². The summed E-state index contributed by atoms with van der Waals surface area (Å²) in [4.78, 5) is 23.0. The minimum atomic E-state index is -0.652. The van der Waals surface area contributed by atoms with Crippen LogP contribution >= 0.6 is 0 Å². The summed E-state index contributed by atoms with van der Waals surface area (Å²) in [6.07, 6.45) is 1.74. The summed E-state index contributed by atoms with van der Waals surface area (Å²) in [5, 5.41) is 0. The molecule has 0 aliphatic heterocycles. The van der Waals surface area contributed by atoms with Gasteiger partial charge in [-0.1, -0.05) is 30.8 Å². The van der Waals surface area contributed by atoms with Gasteiger partial charge >= 0.3 is 5.97 Å². The number of esters is 1. The molecule has 0 heterocycles. The molecule has 16 heavy (non-hydrogen) atoms. The number of aryl methyl sites for hydroxylation is 1. The second-order valence-electron chi connectivity index (χ2n) is 3.69. The fourth-order valence-electron chi connectivity index (χ4n) is 1.87. The molecular formula is C13H12O3. The number of hydrogen-bond acceptors (Lipinski definition) is 3. The normalized spacial score (nSPS) is 18.8. The van der Waals surface area contributed by atoms with Crippen LogP contribution in [0.1, 0.15) is 22.3 Å². The average Bonchev–Trinajstić information content (AvgIpc) is 2.33. The quantitative estimate of drug-likeness (QED) is 0.560. The second-order valence-corrected chi connectivity index (χ2v) is 3.69. The fraction of sp³-hybridized carbons (Fsp3) is 0.231. The lowest BCUT2D eigenvalue weighted by Crippen LogP contribution is -2.31. The molecule has 0 N–H and O–H groups in total. The number of ether oxygens (including phenoxy) is 1. The maximum Gasteiger partial charge on any atom is 0.330 e. The van der Waals surface area contributed by atoms with E-state index in [2.05, 4.69) is 6.58 Å². The number of carbonyl (C=O) groups is 2. The van der Waals surface area contributed by atoms with Crippen LogP contribution in [0.25, 0.3) is 0 Å². The van der Waals surface area contributed by atoms with Gasteiger partial charge in [0.05, 0.1) is 0 Å². The number of fused-ring (bicyclic) bond motifs is 1. The molecule has 0 spiro atoms. The summed E-state index contributed by atoms with van der Waals surface area (Å²) in [6, 6.07) is 7.42. The van der Waals surface area contributed by atoms with Gasteiger partial charge in [-0.05, 0) is 18.4 Å². The average molecular weight is 216 g/mol. The van der Waals surface area contributed by atoms with E-state index in [4.69, 9.17) is 4.74 Å². The third-order valence-corrected chi connectivity index (χ3v) is 2.68. The first-order valence-electron chi connectivity index (χ1n) is 5.17. The minimum absolute atomic E-state index is 0.114. The van der Waals surface area contributed by atoms with Gasteiger partial charge in [0.2, 0.25) is 5.78 Å². The fourth-order valence-corrected chi connectivity index (χ4v) is 1.87. The molecule has 0 saturated carbocycles. The summed E-state index contributed by atoms with van der Waals surface area (Å²) >= 11 is 0. The molecule has 0 radical (unpaired) electrons. The molecule has 1 aromatic rings. The van der Waals surface area contributed by atoms with Gasteiger partial charge in [0.25, 0.3) is 0 Å². The van der Waals surface area contributed by atoms with E-state index < -0.39 is 12.1 Å². The van der Waals surface area contributed by atoms with E-state index in [1.54, 1.807) is 6.07 Å². The Labute approximate surface area is 93.7 Å². The highest BCUT2D eigenvalue weighted by Gasteiger charge is 2.29. The van der Waals surface area contributed by atoms with Crippen molar-refractivity contribution >= 4 is 11.8 Å². The van der Waals surface area contributed by atoms with Crippen molar-refractivity contribution in [2.24, 2.45) is 0 Å². The Morgan fingerprint density at radius 1 is 1.44 bits per heavy atom. The first-order chi connectivity index (χ1) is 7.72. The van der Waals surface area contributed by atoms with Crippen LogP contribution in [0.2, 0.25) is 0 Å². The number of Topliss-reactive ketones (excluding diaryl/α,β-unsaturated/α-hetero) is 1. The van der Waals surface area contributed by atoms with Crippen LogP contribution in [-0.4, -0.2) is 17.9 Å². The SMILES string of the molecule is C=CC(=O)OC1CCc2ccccc2C1=O. The van der Waals surface area contributed by atoms with Gasteiger partial charge in [-0.2, -0.15) is 0 Å². The largest absolute Gasteiger partial charge is 0.451 e. The van der Waals surface area contributed by atoms with Gasteiger partial charge in [0.15, 0.2) is 6.10 Å². The highest BCUT2D eigenvalue weighted by molar-refractivity contribution is 6.03. The topological polar surface area (TPSA) is 43.4 Å². The van der Waals surface area contributed by atoms with Crippen molar-refractivity contribution in [1.29, 1.82) is 0 Å². The van der Waals surface area contributed by atoms with E-state index in [0.29, 0.717) is 12.0 Å². The van der Waals surface area contributed by atoms with Gasteiger partial charge in [-0.25, -0.2) is 4.79 Å². The summed E-state index contributed by atoms with van der Waals surface area (Å²) in [5.41, 5.74) is 1.69. The van der Waals surface area contributed by atoms with Crippen molar-refractivity contribution in [2.75, 3.05) is 0 Å². The van der Waals surface area contributed by atoms with E-state index >= 15 is 0 Å². The van der Waals surface area contributed by atoms with Gasteiger partial charge < -0.3 is 4.74 Å². The van der Waals surface area contributed by atoms with Gasteiger partial charge in [-0.15, -0.1) is 0 Å². The zero-order valence-corrected chi connectivity index (χ0v) is 8.81. The smallest absolute Gasteiger partial charge is 0.330 e. The van der Waals surface area contributed by atoms with Crippen LogP contribution < -0.4 is 0 Å². The molecule has 0 amide bonds. The van der Waals surface area contributed by atoms with Crippen LogP contribution in [0, 0.1) is 0 Å². The molecule has 82 valence electrons. The minimum Gasteiger partial charge on any atom is -0.451 e. The van der Waals surface area contributed by atoms with Crippen LogP contribution in [0.15, 0.2) is 36.9 Å². The summed E-state index contributed by atoms with van der Waals surface area (Å²) in [7, 11) is 0. The molecule has 1 aromatic carbocycles. The zero-order chi connectivity index (χ0) is 11.5. The lowest BCUT2D eigenvalue weighted by Gasteiger charge is -2.22. The number of ketones is 1. The maximum absolute atomic E-state index is 12.0. The third kappa shape index (κ3) is 1.89. The molecule has 1 unspecified atom stereocenters. The Balaban J connectivity index is 2.21. The van der Waals surface area contributed by atoms with Crippen molar-refractivity contribution < 1.29 is 14.3 Å². The lowest BCUT2D eigenvalue weighted by molar-refractivity contribution is -0.141. The van der Waals surface area contributed by atoms with E-state index in [9.17, 15) is 9.59 Å². The highest BCUT2D eigenvalue weighted by Crippen LogP contribution is 2.23. The lowest BCUT2D eigenvalue weighted by atomic mass is 9.89. The van der Waals surface area contributed by atoms with Crippen molar-refractivity contribution in [1.82, 2.24) is 0 Å². The van der Waals surface area contributed by atoms with Crippen molar-refractivity contribution in [2.45, 2.75) is 18.9 Å². The first kappa shape index (κ1) is 10.6. The van der Waals surface area contributed by atoms with Gasteiger partial charge in [0, 0.05) is 11.6 Å². The van der Waals surface area contributed by atoms with Crippen LogP contribution in [-0.2, 0) is 16.0 Å². The second kappa shape index (κ2) is 4.31. The van der Waals surface area contributed by atoms with Gasteiger partial charge in [-0.3, -0.25) is 4.79 Å². The van der Waals surface area contributed by atoms with Crippen LogP contribution in [0.3, 0.4) is 0 Å². The molecule has 3 nitrogen and oxygen atoms in total. The number of rotatable bonds is 2. The van der Waals surface area contributed by atoms with Crippen molar-refractivity contribution in [3.05, 3.63) is 48.0 Å². The molecule has 1 atom stereocenters. The number of benzene rings is 1. The molecule has 1 aliphatic carbocycles. The van der Waals surface area contributed by atoms with Gasteiger partial charge in [0.1, 0.15) is 0 Å². The zero-order valence-electron chi connectivity index (χ0n) is 8.81. The Kier molecular flexibility index (Phi) is 2.86. The summed E-state index contributed by atoms with van der Waals surface area (Å²) in [5.74, 6) is -0.658. The molecule has 1 aliphatic rings. The Morgan fingerprint density at radius 2 is 2.19 bits per heavy atom. The predicted molar refractivity (Wildman–Crippen MR) is 59.2 cm³/mol. The molecule has 0 fully saturated rings. The van der Waals surface area contributed by atoms with E-state index in [1.807, 2.05) is 18.2 Å². The first-order valence-corrected chi connectivity index (χ1v) is 5.17. The maximum atomic E-state index is 12.0. The molecule has 3 heteroatoms. The summed E-state index contributed by atoms with van der Waals surface area (Å²) in [6.45, 7) is 3.31. The van der Waals surface area contributed by atoms with Crippen LogP contribution in [0.4, 0.5) is 0 Å². The number of hydrogen-bond donors (Lipinski definition) is 0. The molecule has 0 bridgehead atoms. The molecule has 2 rings (SSSR count). The van der Waals surface area contributed by atoms with Crippen molar-refractivity contribution in [3.63, 3.8) is 0 Å². The monoisotopic (exact) mass is 216 g/mol. The van der Waals surface area contributed by atoms with E-state index in [0.717, 1.165) is 18.1 Å². The Bertz CT molecular complexity index is 448. The summed E-state index contributed by atoms with van der Waals surface area (Å²) < 4.78 is 5.00. The third-order valence-electron chi connectivity index (χ3n) is 2.68. The predicted octanol–water partition coefficient (Wildman–Crippen LogP) is 1.91. The molecule has 0 aromatic heterocycles. The van der Waals surface area contributed by atoms with Crippen molar-refractivity contribution in [3.8, 4) is 0 Å². The Morgan fingerprint density at radius 3 is 2.94 bits per heavy atom.